The highest BCUT2D eigenvalue weighted by Gasteiger charge is 2.35. The number of phenols is 2. The third-order valence-corrected chi connectivity index (χ3v) is 3.84. The lowest BCUT2D eigenvalue weighted by Crippen LogP contribution is -2.37. The summed E-state index contributed by atoms with van der Waals surface area (Å²) in [4.78, 5) is 0. The third-order valence-electron chi connectivity index (χ3n) is 3.84. The van der Waals surface area contributed by atoms with Crippen LogP contribution in [-0.4, -0.2) is 16.8 Å². The number of benzene rings is 1. The van der Waals surface area contributed by atoms with Crippen molar-refractivity contribution in [1.82, 2.24) is 0 Å². The summed E-state index contributed by atoms with van der Waals surface area (Å²) < 4.78 is 13.1. The summed E-state index contributed by atoms with van der Waals surface area (Å²) in [7, 11) is 0. The van der Waals surface area contributed by atoms with Gasteiger partial charge in [-0.1, -0.05) is 19.3 Å². The minimum absolute atomic E-state index is 0.104. The van der Waals surface area contributed by atoms with Crippen LogP contribution in [0.4, 0.5) is 4.39 Å². The molecule has 1 fully saturated rings. The Morgan fingerprint density at radius 3 is 2.35 bits per heavy atom. The second kappa shape index (κ2) is 4.53. The number of rotatable bonds is 2. The van der Waals surface area contributed by atoms with Crippen molar-refractivity contribution in [3.8, 4) is 11.5 Å². The first-order chi connectivity index (χ1) is 8.09. The minimum Gasteiger partial charge on any atom is -0.508 e. The largest absolute Gasteiger partial charge is 0.508 e. The van der Waals surface area contributed by atoms with Gasteiger partial charge in [0.2, 0.25) is 0 Å². The van der Waals surface area contributed by atoms with Crippen molar-refractivity contribution >= 4 is 0 Å². The summed E-state index contributed by atoms with van der Waals surface area (Å²) in [5.41, 5.74) is 6.11. The van der Waals surface area contributed by atoms with Crippen LogP contribution in [0.15, 0.2) is 12.1 Å². The van der Waals surface area contributed by atoms with E-state index < -0.39 is 11.6 Å². The van der Waals surface area contributed by atoms with Gasteiger partial charge in [0.25, 0.3) is 0 Å². The zero-order chi connectivity index (χ0) is 12.5. The molecule has 1 aliphatic carbocycles. The zero-order valence-electron chi connectivity index (χ0n) is 9.75. The number of halogens is 1. The first-order valence-corrected chi connectivity index (χ1v) is 6.01. The van der Waals surface area contributed by atoms with E-state index in [1.165, 1.54) is 6.07 Å². The van der Waals surface area contributed by atoms with Crippen molar-refractivity contribution in [2.75, 3.05) is 6.54 Å². The lowest BCUT2D eigenvalue weighted by Gasteiger charge is -2.37. The molecule has 17 heavy (non-hydrogen) atoms. The number of hydrogen-bond acceptors (Lipinski definition) is 3. The highest BCUT2D eigenvalue weighted by molar-refractivity contribution is 5.45. The third kappa shape index (κ3) is 2.09. The van der Waals surface area contributed by atoms with E-state index in [0.717, 1.165) is 38.2 Å². The van der Waals surface area contributed by atoms with Gasteiger partial charge in [-0.15, -0.1) is 0 Å². The van der Waals surface area contributed by atoms with E-state index >= 15 is 0 Å². The number of nitrogens with two attached hydrogens (primary N) is 1. The van der Waals surface area contributed by atoms with Gasteiger partial charge in [0.15, 0.2) is 11.6 Å². The fourth-order valence-electron chi connectivity index (χ4n) is 2.79. The van der Waals surface area contributed by atoms with E-state index in [1.54, 1.807) is 0 Å². The Balaban J connectivity index is 2.46. The van der Waals surface area contributed by atoms with Crippen LogP contribution in [0.2, 0.25) is 0 Å². The van der Waals surface area contributed by atoms with Crippen molar-refractivity contribution in [3.63, 3.8) is 0 Å². The van der Waals surface area contributed by atoms with E-state index in [4.69, 9.17) is 5.73 Å². The molecule has 2 rings (SSSR count). The molecule has 0 aromatic heterocycles. The van der Waals surface area contributed by atoms with Crippen molar-refractivity contribution in [1.29, 1.82) is 0 Å². The Labute approximate surface area is 100 Å². The minimum atomic E-state index is -0.797. The molecular formula is C13H18FNO2. The summed E-state index contributed by atoms with van der Waals surface area (Å²) in [6, 6.07) is 2.29. The monoisotopic (exact) mass is 239 g/mol. The van der Waals surface area contributed by atoms with Gasteiger partial charge >= 0.3 is 0 Å². The maximum absolute atomic E-state index is 13.1. The fourth-order valence-corrected chi connectivity index (χ4v) is 2.79. The topological polar surface area (TPSA) is 66.5 Å². The molecule has 0 saturated heterocycles. The molecule has 1 aromatic rings. The molecule has 1 saturated carbocycles. The average molecular weight is 239 g/mol. The quantitative estimate of drug-likeness (QED) is 0.694. The number of phenolic OH excluding ortho intramolecular Hbond substituents is 2. The summed E-state index contributed by atoms with van der Waals surface area (Å²) >= 11 is 0. The van der Waals surface area contributed by atoms with Crippen molar-refractivity contribution in [3.05, 3.63) is 23.5 Å². The average Bonchev–Trinajstić information content (AvgIpc) is 2.34. The SMILES string of the molecule is NCC1(c2cc(O)c(F)cc2O)CCCCC1. The fraction of sp³-hybridized carbons (Fsp3) is 0.538. The van der Waals surface area contributed by atoms with Gasteiger partial charge in [-0.2, -0.15) is 0 Å². The summed E-state index contributed by atoms with van der Waals surface area (Å²) in [6.07, 6.45) is 5.02. The lowest BCUT2D eigenvalue weighted by atomic mass is 9.69. The Morgan fingerprint density at radius 1 is 1.12 bits per heavy atom. The summed E-state index contributed by atoms with van der Waals surface area (Å²) in [5.74, 6) is -1.32. The highest BCUT2D eigenvalue weighted by atomic mass is 19.1. The molecule has 4 N–H and O–H groups in total. The van der Waals surface area contributed by atoms with Crippen LogP contribution in [0.1, 0.15) is 37.7 Å². The zero-order valence-corrected chi connectivity index (χ0v) is 9.75. The molecule has 0 aliphatic heterocycles. The van der Waals surface area contributed by atoms with Crippen LogP contribution in [0.5, 0.6) is 11.5 Å². The molecule has 1 aliphatic rings. The highest BCUT2D eigenvalue weighted by Crippen LogP contribution is 2.43. The van der Waals surface area contributed by atoms with Crippen LogP contribution in [0, 0.1) is 5.82 Å². The van der Waals surface area contributed by atoms with Crippen LogP contribution in [0.25, 0.3) is 0 Å². The summed E-state index contributed by atoms with van der Waals surface area (Å²) in [5, 5.41) is 19.3. The molecule has 0 radical (unpaired) electrons. The molecule has 0 heterocycles. The maximum Gasteiger partial charge on any atom is 0.168 e. The maximum atomic E-state index is 13.1. The Kier molecular flexibility index (Phi) is 3.24. The van der Waals surface area contributed by atoms with E-state index in [9.17, 15) is 14.6 Å². The molecular weight excluding hydrogens is 221 g/mol. The van der Waals surface area contributed by atoms with Crippen LogP contribution >= 0.6 is 0 Å². The lowest BCUT2D eigenvalue weighted by molar-refractivity contribution is 0.288. The molecule has 94 valence electrons. The molecule has 0 bridgehead atoms. The van der Waals surface area contributed by atoms with Gasteiger partial charge in [0, 0.05) is 23.6 Å². The second-order valence-electron chi connectivity index (χ2n) is 4.87. The smallest absolute Gasteiger partial charge is 0.168 e. The van der Waals surface area contributed by atoms with E-state index in [2.05, 4.69) is 0 Å². The molecule has 0 atom stereocenters. The molecule has 0 unspecified atom stereocenters. The van der Waals surface area contributed by atoms with Gasteiger partial charge < -0.3 is 15.9 Å². The Bertz CT molecular complexity index is 414. The standard InChI is InChI=1S/C13H18FNO2/c14-10-7-11(16)9(6-12(10)17)13(8-15)4-2-1-3-5-13/h6-7,16-17H,1-5,8,15H2. The first-order valence-electron chi connectivity index (χ1n) is 6.01. The van der Waals surface area contributed by atoms with E-state index in [-0.39, 0.29) is 11.2 Å². The molecule has 0 amide bonds. The predicted molar refractivity (Wildman–Crippen MR) is 63.5 cm³/mol. The summed E-state index contributed by atoms with van der Waals surface area (Å²) in [6.45, 7) is 0.408. The molecule has 4 heteroatoms. The number of aromatic hydroxyl groups is 2. The van der Waals surface area contributed by atoms with Gasteiger partial charge in [-0.3, -0.25) is 0 Å². The van der Waals surface area contributed by atoms with Gasteiger partial charge in [-0.05, 0) is 18.9 Å². The molecule has 3 nitrogen and oxygen atoms in total. The van der Waals surface area contributed by atoms with Crippen LogP contribution < -0.4 is 5.73 Å². The van der Waals surface area contributed by atoms with E-state index in [1.807, 2.05) is 0 Å². The second-order valence-corrected chi connectivity index (χ2v) is 4.87. The predicted octanol–water partition coefficient (Wildman–Crippen LogP) is 2.40. The van der Waals surface area contributed by atoms with Crippen LogP contribution in [-0.2, 0) is 5.41 Å². The Morgan fingerprint density at radius 2 is 1.76 bits per heavy atom. The first kappa shape index (κ1) is 12.2. The van der Waals surface area contributed by atoms with Gasteiger partial charge in [-0.25, -0.2) is 4.39 Å². The normalized spacial score (nSPS) is 19.2. The van der Waals surface area contributed by atoms with E-state index in [0.29, 0.717) is 12.1 Å². The van der Waals surface area contributed by atoms with Crippen molar-refractivity contribution < 1.29 is 14.6 Å². The molecule has 0 spiro atoms. The van der Waals surface area contributed by atoms with Crippen molar-refractivity contribution in [2.24, 2.45) is 5.73 Å². The molecule has 1 aromatic carbocycles. The van der Waals surface area contributed by atoms with Gasteiger partial charge in [0.05, 0.1) is 0 Å². The van der Waals surface area contributed by atoms with Crippen LogP contribution in [0.3, 0.4) is 0 Å². The number of hydrogen-bond donors (Lipinski definition) is 3. The Hall–Kier alpha value is -1.29. The van der Waals surface area contributed by atoms with Crippen molar-refractivity contribution in [2.45, 2.75) is 37.5 Å². The van der Waals surface area contributed by atoms with Gasteiger partial charge in [0.1, 0.15) is 5.75 Å².